The van der Waals surface area contributed by atoms with E-state index >= 15 is 0 Å². The first-order valence-corrected chi connectivity index (χ1v) is 10.2. The molecule has 2 aromatic carbocycles. The van der Waals surface area contributed by atoms with Gasteiger partial charge >= 0.3 is 0 Å². The summed E-state index contributed by atoms with van der Waals surface area (Å²) in [5, 5.41) is 0. The van der Waals surface area contributed by atoms with Crippen molar-refractivity contribution in [3.63, 3.8) is 0 Å². The lowest BCUT2D eigenvalue weighted by Crippen LogP contribution is -2.20. The molecule has 7 nitrogen and oxygen atoms in total. The number of aromatic nitrogens is 4. The topological polar surface area (TPSA) is 98.9 Å². The number of H-pyrrole nitrogens is 1. The summed E-state index contributed by atoms with van der Waals surface area (Å²) >= 11 is 0. The Morgan fingerprint density at radius 3 is 2.97 bits per heavy atom. The fourth-order valence-electron chi connectivity index (χ4n) is 3.77. The summed E-state index contributed by atoms with van der Waals surface area (Å²) in [6, 6.07) is 13.9. The number of anilines is 1. The first-order chi connectivity index (χ1) is 14.7. The van der Waals surface area contributed by atoms with Gasteiger partial charge in [0.05, 0.1) is 35.9 Å². The summed E-state index contributed by atoms with van der Waals surface area (Å²) in [4.78, 5) is 16.5. The number of rotatable bonds is 5. The Kier molecular flexibility index (Phi) is 4.71. The van der Waals surface area contributed by atoms with Crippen molar-refractivity contribution >= 4 is 17.0 Å². The molecule has 0 amide bonds. The zero-order valence-corrected chi connectivity index (χ0v) is 16.8. The van der Waals surface area contributed by atoms with Gasteiger partial charge in [-0.2, -0.15) is 0 Å². The average Bonchev–Trinajstić information content (AvgIpc) is 3.20. The smallest absolute Gasteiger partial charge is 0.220 e. The van der Waals surface area contributed by atoms with Crippen LogP contribution in [0.5, 0.6) is 11.5 Å². The number of aromatic amines is 1. The Labute approximate surface area is 174 Å². The first kappa shape index (κ1) is 18.4. The predicted molar refractivity (Wildman–Crippen MR) is 116 cm³/mol. The Morgan fingerprint density at radius 1 is 1.17 bits per heavy atom. The van der Waals surface area contributed by atoms with Crippen LogP contribution in [0.1, 0.15) is 30.7 Å². The number of imidazole rings is 1. The number of benzene rings is 2. The van der Waals surface area contributed by atoms with Gasteiger partial charge in [0.25, 0.3) is 0 Å². The van der Waals surface area contributed by atoms with Crippen molar-refractivity contribution in [3.05, 3.63) is 60.0 Å². The third-order valence-electron chi connectivity index (χ3n) is 5.27. The van der Waals surface area contributed by atoms with Crippen LogP contribution in [0, 0.1) is 0 Å². The molecule has 0 fully saturated rings. The Hall–Kier alpha value is -3.61. The molecule has 152 valence electrons. The van der Waals surface area contributed by atoms with Crippen LogP contribution in [0.15, 0.2) is 48.7 Å². The SMILES string of the molecule is CCCOc1ccc2c(c1)CC(c1nc3ccc(-c4ccnc(N)n4)cc3[nH]1)CO2. The molecule has 0 bridgehead atoms. The molecule has 1 atom stereocenters. The molecule has 5 rings (SSSR count). The van der Waals surface area contributed by atoms with Crippen LogP contribution in [-0.4, -0.2) is 33.1 Å². The van der Waals surface area contributed by atoms with E-state index in [9.17, 15) is 0 Å². The van der Waals surface area contributed by atoms with Crippen molar-refractivity contribution in [2.45, 2.75) is 25.7 Å². The lowest BCUT2D eigenvalue weighted by molar-refractivity contribution is 0.256. The van der Waals surface area contributed by atoms with E-state index in [2.05, 4.69) is 27.9 Å². The van der Waals surface area contributed by atoms with Crippen molar-refractivity contribution in [1.82, 2.24) is 19.9 Å². The highest BCUT2D eigenvalue weighted by Gasteiger charge is 2.24. The number of fused-ring (bicyclic) bond motifs is 2. The molecule has 0 spiro atoms. The van der Waals surface area contributed by atoms with Crippen molar-refractivity contribution in [2.24, 2.45) is 0 Å². The van der Waals surface area contributed by atoms with E-state index < -0.39 is 0 Å². The standard InChI is InChI=1S/C23H23N5O2/c1-2-9-29-17-4-6-21-15(11-17)10-16(13-30-21)22-26-19-5-3-14(12-20(19)27-22)18-7-8-25-23(24)28-18/h3-8,11-12,16H,2,9-10,13H2,1H3,(H,26,27)(H2,24,25,28). The van der Waals surface area contributed by atoms with Gasteiger partial charge in [-0.1, -0.05) is 13.0 Å². The summed E-state index contributed by atoms with van der Waals surface area (Å²) < 4.78 is 11.8. The van der Waals surface area contributed by atoms with E-state index in [-0.39, 0.29) is 11.9 Å². The largest absolute Gasteiger partial charge is 0.494 e. The number of nitrogens with two attached hydrogens (primary N) is 1. The highest BCUT2D eigenvalue weighted by molar-refractivity contribution is 5.81. The molecule has 3 heterocycles. The molecular weight excluding hydrogens is 378 g/mol. The average molecular weight is 401 g/mol. The monoisotopic (exact) mass is 401 g/mol. The van der Waals surface area contributed by atoms with Crippen LogP contribution in [0.3, 0.4) is 0 Å². The summed E-state index contributed by atoms with van der Waals surface area (Å²) in [6.07, 6.45) is 3.50. The van der Waals surface area contributed by atoms with Gasteiger partial charge < -0.3 is 20.2 Å². The molecule has 7 heteroatoms. The van der Waals surface area contributed by atoms with Crippen molar-refractivity contribution in [1.29, 1.82) is 0 Å². The number of ether oxygens (including phenoxy) is 2. The summed E-state index contributed by atoms with van der Waals surface area (Å²) in [5.41, 5.74) is 10.5. The van der Waals surface area contributed by atoms with Crippen molar-refractivity contribution in [2.75, 3.05) is 18.9 Å². The van der Waals surface area contributed by atoms with Crippen LogP contribution < -0.4 is 15.2 Å². The second kappa shape index (κ2) is 7.67. The Morgan fingerprint density at radius 2 is 2.10 bits per heavy atom. The second-order valence-electron chi connectivity index (χ2n) is 7.48. The van der Waals surface area contributed by atoms with E-state index in [1.54, 1.807) is 6.20 Å². The van der Waals surface area contributed by atoms with Crippen LogP contribution in [0.25, 0.3) is 22.3 Å². The predicted octanol–water partition coefficient (Wildman–Crippen LogP) is 4.11. The van der Waals surface area contributed by atoms with E-state index in [4.69, 9.17) is 20.2 Å². The molecule has 0 aliphatic carbocycles. The molecular formula is C23H23N5O2. The van der Waals surface area contributed by atoms with Crippen LogP contribution >= 0.6 is 0 Å². The van der Waals surface area contributed by atoms with Gasteiger partial charge in [0.15, 0.2) is 0 Å². The molecule has 3 N–H and O–H groups in total. The van der Waals surface area contributed by atoms with Gasteiger partial charge in [0, 0.05) is 11.8 Å². The van der Waals surface area contributed by atoms with Crippen LogP contribution in [0.2, 0.25) is 0 Å². The maximum Gasteiger partial charge on any atom is 0.220 e. The number of nitrogens with one attached hydrogen (secondary N) is 1. The molecule has 30 heavy (non-hydrogen) atoms. The van der Waals surface area contributed by atoms with E-state index in [1.807, 2.05) is 36.4 Å². The highest BCUT2D eigenvalue weighted by atomic mass is 16.5. The van der Waals surface area contributed by atoms with Crippen LogP contribution in [0.4, 0.5) is 5.95 Å². The third-order valence-corrected chi connectivity index (χ3v) is 5.27. The zero-order chi connectivity index (χ0) is 20.5. The van der Waals surface area contributed by atoms with E-state index in [0.29, 0.717) is 13.2 Å². The lowest BCUT2D eigenvalue weighted by Gasteiger charge is -2.24. The van der Waals surface area contributed by atoms with Gasteiger partial charge in [0.1, 0.15) is 17.3 Å². The zero-order valence-electron chi connectivity index (χ0n) is 16.8. The number of hydrogen-bond acceptors (Lipinski definition) is 6. The van der Waals surface area contributed by atoms with E-state index in [0.717, 1.165) is 58.0 Å². The fraction of sp³-hybridized carbons (Fsp3) is 0.261. The molecule has 0 saturated heterocycles. The van der Waals surface area contributed by atoms with Gasteiger partial charge in [-0.3, -0.25) is 0 Å². The molecule has 0 saturated carbocycles. The Balaban J connectivity index is 1.41. The minimum atomic E-state index is 0.157. The van der Waals surface area contributed by atoms with Crippen molar-refractivity contribution < 1.29 is 9.47 Å². The van der Waals surface area contributed by atoms with Crippen LogP contribution in [-0.2, 0) is 6.42 Å². The number of nitrogens with zero attached hydrogens (tertiary/aromatic N) is 3. The molecule has 1 unspecified atom stereocenters. The van der Waals surface area contributed by atoms with Gasteiger partial charge in [-0.05, 0) is 54.8 Å². The number of nitrogen functional groups attached to an aromatic ring is 1. The van der Waals surface area contributed by atoms with Gasteiger partial charge in [-0.25, -0.2) is 15.0 Å². The van der Waals surface area contributed by atoms with E-state index in [1.165, 1.54) is 0 Å². The Bertz CT molecular complexity index is 1200. The maximum atomic E-state index is 6.01. The normalized spacial score (nSPS) is 15.6. The highest BCUT2D eigenvalue weighted by Crippen LogP contribution is 2.35. The molecule has 1 aliphatic rings. The summed E-state index contributed by atoms with van der Waals surface area (Å²) in [7, 11) is 0. The summed E-state index contributed by atoms with van der Waals surface area (Å²) in [6.45, 7) is 3.41. The second-order valence-corrected chi connectivity index (χ2v) is 7.48. The minimum absolute atomic E-state index is 0.157. The first-order valence-electron chi connectivity index (χ1n) is 10.2. The van der Waals surface area contributed by atoms with Gasteiger partial charge in [0.2, 0.25) is 5.95 Å². The molecule has 1 aliphatic heterocycles. The quantitative estimate of drug-likeness (QED) is 0.522. The number of hydrogen-bond donors (Lipinski definition) is 2. The summed E-state index contributed by atoms with van der Waals surface area (Å²) in [5.74, 6) is 3.16. The molecule has 4 aromatic rings. The lowest BCUT2D eigenvalue weighted by atomic mass is 9.96. The maximum absolute atomic E-state index is 6.01. The molecule has 2 aromatic heterocycles. The van der Waals surface area contributed by atoms with Crippen molar-refractivity contribution in [3.8, 4) is 22.8 Å². The minimum Gasteiger partial charge on any atom is -0.494 e. The molecule has 0 radical (unpaired) electrons. The third kappa shape index (κ3) is 3.54. The fourth-order valence-corrected chi connectivity index (χ4v) is 3.77. The van der Waals surface area contributed by atoms with Gasteiger partial charge in [-0.15, -0.1) is 0 Å².